The summed E-state index contributed by atoms with van der Waals surface area (Å²) in [5.41, 5.74) is 1.44. The summed E-state index contributed by atoms with van der Waals surface area (Å²) in [6.45, 7) is 9.01. The molecule has 7 heteroatoms. The number of esters is 3. The first-order valence-corrected chi connectivity index (χ1v) is 9.77. The van der Waals surface area contributed by atoms with Crippen molar-refractivity contribution in [2.24, 2.45) is 11.8 Å². The Balaban J connectivity index is 2.38. The first kappa shape index (κ1) is 22.6. The first-order valence-electron chi connectivity index (χ1n) is 9.77. The van der Waals surface area contributed by atoms with Crippen LogP contribution in [0, 0.1) is 11.8 Å². The van der Waals surface area contributed by atoms with Crippen LogP contribution in [-0.2, 0) is 33.4 Å². The molecule has 0 spiro atoms. The van der Waals surface area contributed by atoms with Crippen LogP contribution >= 0.6 is 0 Å². The van der Waals surface area contributed by atoms with Crippen LogP contribution in [0.2, 0.25) is 0 Å². The molecule has 7 nitrogen and oxygen atoms in total. The Morgan fingerprint density at radius 2 is 2.10 bits per heavy atom. The van der Waals surface area contributed by atoms with Crippen LogP contribution in [0.4, 0.5) is 0 Å². The summed E-state index contributed by atoms with van der Waals surface area (Å²) < 4.78 is 16.2. The molecule has 0 aromatic rings. The highest BCUT2D eigenvalue weighted by Gasteiger charge is 2.44. The monoisotopic (exact) mass is 404 g/mol. The predicted octanol–water partition coefficient (Wildman–Crippen LogP) is 2.84. The molecule has 3 atom stereocenters. The highest BCUT2D eigenvalue weighted by molar-refractivity contribution is 5.91. The van der Waals surface area contributed by atoms with Gasteiger partial charge in [0.25, 0.3) is 0 Å². The second-order valence-corrected chi connectivity index (χ2v) is 7.79. The standard InChI is InChI=1S/C22H28O7/c1-13(2)8-20(25)28-18-9-16(11-23)6-5-7-17(12-27-15(4)24)10-19-21(18)14(3)22(26)29-19/h6,10-11,13,18-19,21H,3,5,7-9,12H2,1-2,4H3/b16-6-,17-10-/t18-,19+,21-/m0/s1. The summed E-state index contributed by atoms with van der Waals surface area (Å²) in [6, 6.07) is 0. The Kier molecular flexibility index (Phi) is 7.93. The quantitative estimate of drug-likeness (QED) is 0.221. The second kappa shape index (κ2) is 10.2. The van der Waals surface area contributed by atoms with E-state index in [0.29, 0.717) is 18.4 Å². The van der Waals surface area contributed by atoms with E-state index >= 15 is 0 Å². The Morgan fingerprint density at radius 3 is 2.72 bits per heavy atom. The lowest BCUT2D eigenvalue weighted by atomic mass is 9.85. The molecule has 1 fully saturated rings. The number of ether oxygens (including phenoxy) is 3. The van der Waals surface area contributed by atoms with Gasteiger partial charge < -0.3 is 14.2 Å². The molecule has 1 heterocycles. The van der Waals surface area contributed by atoms with Gasteiger partial charge in [-0.05, 0) is 36.0 Å². The maximum Gasteiger partial charge on any atom is 0.334 e. The second-order valence-electron chi connectivity index (χ2n) is 7.79. The van der Waals surface area contributed by atoms with Crippen molar-refractivity contribution in [3.63, 3.8) is 0 Å². The minimum Gasteiger partial charge on any atom is -0.461 e. The average molecular weight is 404 g/mol. The third kappa shape index (κ3) is 6.41. The van der Waals surface area contributed by atoms with E-state index in [0.717, 1.165) is 11.9 Å². The Morgan fingerprint density at radius 1 is 1.38 bits per heavy atom. The molecule has 29 heavy (non-hydrogen) atoms. The SMILES string of the molecule is C=C1C(=O)O[C@@H]2/C=C(\COC(C)=O)CC/C=C(\C=O)C[C@H](OC(=O)CC(C)C)[C@H]12. The van der Waals surface area contributed by atoms with Gasteiger partial charge in [-0.25, -0.2) is 4.79 Å². The number of aldehydes is 1. The fraction of sp³-hybridized carbons (Fsp3) is 0.545. The van der Waals surface area contributed by atoms with Crippen LogP contribution in [0.15, 0.2) is 35.5 Å². The van der Waals surface area contributed by atoms with Gasteiger partial charge in [0, 0.05) is 25.3 Å². The fourth-order valence-corrected chi connectivity index (χ4v) is 3.46. The van der Waals surface area contributed by atoms with Crippen LogP contribution in [0.1, 0.15) is 46.5 Å². The fourth-order valence-electron chi connectivity index (χ4n) is 3.46. The molecule has 0 amide bonds. The van der Waals surface area contributed by atoms with Gasteiger partial charge in [0.2, 0.25) is 0 Å². The van der Waals surface area contributed by atoms with Crippen molar-refractivity contribution in [3.05, 3.63) is 35.5 Å². The summed E-state index contributed by atoms with van der Waals surface area (Å²) in [5.74, 6) is -1.89. The van der Waals surface area contributed by atoms with E-state index in [2.05, 4.69) is 6.58 Å². The summed E-state index contributed by atoms with van der Waals surface area (Å²) in [7, 11) is 0. The van der Waals surface area contributed by atoms with Gasteiger partial charge in [0.15, 0.2) is 0 Å². The summed E-state index contributed by atoms with van der Waals surface area (Å²) in [6.07, 6.45) is 4.27. The zero-order chi connectivity index (χ0) is 21.6. The minimum atomic E-state index is -0.758. The lowest BCUT2D eigenvalue weighted by molar-refractivity contribution is -0.153. The number of allylic oxidation sites excluding steroid dienone is 1. The average Bonchev–Trinajstić information content (AvgIpc) is 2.90. The zero-order valence-corrected chi connectivity index (χ0v) is 17.1. The van der Waals surface area contributed by atoms with Crippen molar-refractivity contribution < 1.29 is 33.4 Å². The Bertz CT molecular complexity index is 744. The van der Waals surface area contributed by atoms with E-state index in [-0.39, 0.29) is 30.9 Å². The van der Waals surface area contributed by atoms with Crippen LogP contribution < -0.4 is 0 Å². The van der Waals surface area contributed by atoms with E-state index in [9.17, 15) is 19.2 Å². The van der Waals surface area contributed by atoms with Gasteiger partial charge >= 0.3 is 17.9 Å². The molecule has 0 N–H and O–H groups in total. The van der Waals surface area contributed by atoms with Crippen molar-refractivity contribution in [3.8, 4) is 0 Å². The van der Waals surface area contributed by atoms with Gasteiger partial charge in [-0.1, -0.05) is 26.5 Å². The van der Waals surface area contributed by atoms with Crippen LogP contribution in [0.25, 0.3) is 0 Å². The van der Waals surface area contributed by atoms with Crippen molar-refractivity contribution in [2.45, 2.75) is 58.7 Å². The van der Waals surface area contributed by atoms with Crippen molar-refractivity contribution in [1.82, 2.24) is 0 Å². The highest BCUT2D eigenvalue weighted by atomic mass is 16.6. The molecular formula is C22H28O7. The molecule has 1 aliphatic heterocycles. The smallest absolute Gasteiger partial charge is 0.334 e. The molecule has 1 saturated heterocycles. The van der Waals surface area contributed by atoms with Gasteiger partial charge in [0.05, 0.1) is 5.92 Å². The molecule has 0 bridgehead atoms. The largest absolute Gasteiger partial charge is 0.461 e. The molecule has 2 rings (SSSR count). The Hall–Kier alpha value is -2.70. The highest BCUT2D eigenvalue weighted by Crippen LogP contribution is 2.36. The van der Waals surface area contributed by atoms with Gasteiger partial charge in [0.1, 0.15) is 25.1 Å². The maximum atomic E-state index is 12.3. The third-order valence-corrected chi connectivity index (χ3v) is 4.84. The Labute approximate surface area is 170 Å². The number of rotatable bonds is 6. The third-order valence-electron chi connectivity index (χ3n) is 4.84. The zero-order valence-electron chi connectivity index (χ0n) is 17.1. The minimum absolute atomic E-state index is 0.0602. The van der Waals surface area contributed by atoms with Gasteiger partial charge in [-0.3, -0.25) is 14.4 Å². The molecule has 0 saturated carbocycles. The number of carbonyl (C=O) groups excluding carboxylic acids is 4. The van der Waals surface area contributed by atoms with Crippen molar-refractivity contribution in [1.29, 1.82) is 0 Å². The van der Waals surface area contributed by atoms with Crippen LogP contribution in [0.5, 0.6) is 0 Å². The normalized spacial score (nSPS) is 28.3. The van der Waals surface area contributed by atoms with Crippen LogP contribution in [-0.4, -0.2) is 43.0 Å². The van der Waals surface area contributed by atoms with Crippen molar-refractivity contribution >= 4 is 24.2 Å². The number of hydrogen-bond donors (Lipinski definition) is 0. The van der Waals surface area contributed by atoms with E-state index in [1.807, 2.05) is 13.8 Å². The summed E-state index contributed by atoms with van der Waals surface area (Å²) in [5, 5.41) is 0. The summed E-state index contributed by atoms with van der Waals surface area (Å²) >= 11 is 0. The van der Waals surface area contributed by atoms with E-state index in [4.69, 9.17) is 14.2 Å². The van der Waals surface area contributed by atoms with Crippen molar-refractivity contribution in [2.75, 3.05) is 6.61 Å². The predicted molar refractivity (Wildman–Crippen MR) is 105 cm³/mol. The molecule has 0 aromatic carbocycles. The molecule has 2 aliphatic rings. The van der Waals surface area contributed by atoms with Crippen LogP contribution in [0.3, 0.4) is 0 Å². The number of carbonyl (C=O) groups is 4. The molecule has 0 radical (unpaired) electrons. The van der Waals surface area contributed by atoms with E-state index < -0.39 is 36.0 Å². The van der Waals surface area contributed by atoms with Gasteiger partial charge in [-0.2, -0.15) is 0 Å². The first-order chi connectivity index (χ1) is 13.7. The van der Waals surface area contributed by atoms with E-state index in [1.54, 1.807) is 12.2 Å². The van der Waals surface area contributed by atoms with E-state index in [1.165, 1.54) is 6.92 Å². The number of fused-ring (bicyclic) bond motifs is 1. The number of hydrogen-bond acceptors (Lipinski definition) is 7. The molecule has 1 aliphatic carbocycles. The molecule has 158 valence electrons. The lowest BCUT2D eigenvalue weighted by Gasteiger charge is -2.27. The van der Waals surface area contributed by atoms with Gasteiger partial charge in [-0.15, -0.1) is 0 Å². The molecule has 0 aromatic heterocycles. The lowest BCUT2D eigenvalue weighted by Crippen LogP contribution is -2.34. The summed E-state index contributed by atoms with van der Waals surface area (Å²) in [4.78, 5) is 47.3. The topological polar surface area (TPSA) is 96.0 Å². The molecule has 0 unspecified atom stereocenters. The molecular weight excluding hydrogens is 376 g/mol. The maximum absolute atomic E-state index is 12.3.